The van der Waals surface area contributed by atoms with E-state index in [1.807, 2.05) is 30.5 Å². The molecular weight excluding hydrogens is 405 g/mol. The molecule has 9 heteroatoms. The predicted octanol–water partition coefficient (Wildman–Crippen LogP) is 4.79. The number of aromatic nitrogens is 4. The monoisotopic (exact) mass is 421 g/mol. The summed E-state index contributed by atoms with van der Waals surface area (Å²) < 4.78 is 1.97. The molecule has 3 rings (SSSR count). The topological polar surface area (TPSA) is 72.7 Å². The van der Waals surface area contributed by atoms with Crippen LogP contribution in [-0.2, 0) is 11.3 Å². The molecule has 6 nitrogen and oxygen atoms in total. The van der Waals surface area contributed by atoms with Gasteiger partial charge in [0.2, 0.25) is 5.91 Å². The summed E-state index contributed by atoms with van der Waals surface area (Å²) in [7, 11) is 0. The summed E-state index contributed by atoms with van der Waals surface area (Å²) in [5.41, 5.74) is 1.48. The number of halogens is 2. The summed E-state index contributed by atoms with van der Waals surface area (Å²) in [5.74, 6) is 0.575. The quantitative estimate of drug-likeness (QED) is 0.579. The minimum absolute atomic E-state index is 0.172. The molecule has 1 N–H and O–H groups in total. The van der Waals surface area contributed by atoms with Gasteiger partial charge in [0.05, 0.1) is 5.25 Å². The molecule has 0 saturated heterocycles. The van der Waals surface area contributed by atoms with Crippen LogP contribution in [0.25, 0.3) is 11.4 Å². The van der Waals surface area contributed by atoms with Crippen molar-refractivity contribution in [2.24, 2.45) is 0 Å². The fraction of sp³-hybridized carbons (Fsp3) is 0.222. The van der Waals surface area contributed by atoms with Crippen LogP contribution < -0.4 is 5.32 Å². The van der Waals surface area contributed by atoms with E-state index in [1.54, 1.807) is 30.6 Å². The lowest BCUT2D eigenvalue weighted by molar-refractivity contribution is -0.115. The van der Waals surface area contributed by atoms with Gasteiger partial charge in [-0.25, -0.2) is 0 Å². The van der Waals surface area contributed by atoms with Gasteiger partial charge in [0, 0.05) is 40.2 Å². The molecular formula is C18H17Cl2N5OS. The van der Waals surface area contributed by atoms with Gasteiger partial charge < -0.3 is 9.88 Å². The summed E-state index contributed by atoms with van der Waals surface area (Å²) in [4.78, 5) is 16.6. The number of nitrogens with one attached hydrogen (secondary N) is 1. The van der Waals surface area contributed by atoms with Crippen LogP contribution >= 0.6 is 35.0 Å². The van der Waals surface area contributed by atoms with Crippen molar-refractivity contribution in [3.63, 3.8) is 0 Å². The summed E-state index contributed by atoms with van der Waals surface area (Å²) >= 11 is 13.3. The van der Waals surface area contributed by atoms with Crippen molar-refractivity contribution in [3.8, 4) is 11.4 Å². The minimum Gasteiger partial charge on any atom is -0.325 e. The van der Waals surface area contributed by atoms with Crippen molar-refractivity contribution in [1.82, 2.24) is 19.7 Å². The second-order valence-electron chi connectivity index (χ2n) is 5.69. The van der Waals surface area contributed by atoms with E-state index in [2.05, 4.69) is 20.5 Å². The number of pyridine rings is 1. The van der Waals surface area contributed by atoms with Gasteiger partial charge in [-0.3, -0.25) is 9.78 Å². The molecule has 0 bridgehead atoms. The van der Waals surface area contributed by atoms with Crippen molar-refractivity contribution in [1.29, 1.82) is 0 Å². The van der Waals surface area contributed by atoms with E-state index in [4.69, 9.17) is 23.2 Å². The highest BCUT2D eigenvalue weighted by molar-refractivity contribution is 8.00. The molecule has 0 spiro atoms. The summed E-state index contributed by atoms with van der Waals surface area (Å²) in [6.45, 7) is 4.51. The number of rotatable bonds is 6. The number of nitrogens with zero attached hydrogens (tertiary/aromatic N) is 4. The van der Waals surface area contributed by atoms with Crippen LogP contribution in [0.4, 0.5) is 5.69 Å². The highest BCUT2D eigenvalue weighted by Gasteiger charge is 2.20. The molecule has 140 valence electrons. The second-order valence-corrected chi connectivity index (χ2v) is 7.87. The number of hydrogen-bond donors (Lipinski definition) is 1. The van der Waals surface area contributed by atoms with Crippen molar-refractivity contribution in [2.45, 2.75) is 30.8 Å². The molecule has 1 aromatic carbocycles. The normalized spacial score (nSPS) is 12.0. The number of anilines is 1. The summed E-state index contributed by atoms with van der Waals surface area (Å²) in [5, 5.41) is 12.6. The van der Waals surface area contributed by atoms with Crippen molar-refractivity contribution in [3.05, 3.63) is 52.8 Å². The van der Waals surface area contributed by atoms with Crippen LogP contribution in [0.5, 0.6) is 0 Å². The molecule has 27 heavy (non-hydrogen) atoms. The maximum absolute atomic E-state index is 12.5. The smallest absolute Gasteiger partial charge is 0.237 e. The molecule has 2 aromatic heterocycles. The van der Waals surface area contributed by atoms with Gasteiger partial charge in [-0.05, 0) is 44.2 Å². The van der Waals surface area contributed by atoms with E-state index in [-0.39, 0.29) is 11.2 Å². The van der Waals surface area contributed by atoms with Crippen molar-refractivity contribution in [2.75, 3.05) is 5.32 Å². The molecule has 1 atom stereocenters. The summed E-state index contributed by atoms with van der Waals surface area (Å²) in [6, 6.07) is 8.67. The number of amides is 1. The van der Waals surface area contributed by atoms with Crippen molar-refractivity contribution >= 4 is 46.6 Å². The zero-order chi connectivity index (χ0) is 19.4. The minimum atomic E-state index is -0.387. The van der Waals surface area contributed by atoms with E-state index in [9.17, 15) is 4.79 Å². The zero-order valence-electron chi connectivity index (χ0n) is 14.7. The molecule has 1 unspecified atom stereocenters. The predicted molar refractivity (Wildman–Crippen MR) is 109 cm³/mol. The van der Waals surface area contributed by atoms with E-state index >= 15 is 0 Å². The average Bonchev–Trinajstić information content (AvgIpc) is 3.04. The molecule has 2 heterocycles. The van der Waals surface area contributed by atoms with Gasteiger partial charge in [0.15, 0.2) is 11.0 Å². The van der Waals surface area contributed by atoms with Crippen molar-refractivity contribution < 1.29 is 4.79 Å². The van der Waals surface area contributed by atoms with Gasteiger partial charge in [-0.2, -0.15) is 0 Å². The molecule has 3 aromatic rings. The van der Waals surface area contributed by atoms with Gasteiger partial charge in [-0.1, -0.05) is 35.0 Å². The van der Waals surface area contributed by atoms with Gasteiger partial charge in [-0.15, -0.1) is 10.2 Å². The van der Waals surface area contributed by atoms with Crippen LogP contribution in [0.1, 0.15) is 13.8 Å². The second kappa shape index (κ2) is 8.73. The third-order valence-corrected chi connectivity index (χ3v) is 5.27. The van der Waals surface area contributed by atoms with Crippen LogP contribution in [-0.4, -0.2) is 30.9 Å². The fourth-order valence-electron chi connectivity index (χ4n) is 2.46. The van der Waals surface area contributed by atoms with Gasteiger partial charge in [0.25, 0.3) is 0 Å². The zero-order valence-corrected chi connectivity index (χ0v) is 17.0. The Kier molecular flexibility index (Phi) is 6.36. The first-order valence-corrected chi connectivity index (χ1v) is 9.88. The number of carbonyl (C=O) groups is 1. The Morgan fingerprint density at radius 1 is 1.19 bits per heavy atom. The lowest BCUT2D eigenvalue weighted by atomic mass is 10.2. The molecule has 1 amide bonds. The Balaban J connectivity index is 1.74. The van der Waals surface area contributed by atoms with E-state index < -0.39 is 0 Å². The number of hydrogen-bond acceptors (Lipinski definition) is 5. The number of thioether (sulfide) groups is 1. The summed E-state index contributed by atoms with van der Waals surface area (Å²) in [6.07, 6.45) is 3.42. The Morgan fingerprint density at radius 2 is 1.85 bits per heavy atom. The first-order chi connectivity index (χ1) is 13.0. The Bertz CT molecular complexity index is 928. The maximum atomic E-state index is 12.5. The fourth-order valence-corrected chi connectivity index (χ4v) is 3.90. The van der Waals surface area contributed by atoms with Gasteiger partial charge >= 0.3 is 0 Å². The standard InChI is InChI=1S/C18H17Cl2N5OS/c1-3-25-16(12-4-6-21-7-5-12)23-24-18(25)27-11(2)17(26)22-15-9-13(19)8-14(20)10-15/h4-11H,3H2,1-2H3,(H,22,26). The maximum Gasteiger partial charge on any atom is 0.237 e. The Hall–Kier alpha value is -2.09. The highest BCUT2D eigenvalue weighted by Crippen LogP contribution is 2.28. The number of carbonyl (C=O) groups excluding carboxylic acids is 1. The first kappa shape index (κ1) is 19.7. The number of benzene rings is 1. The van der Waals surface area contributed by atoms with E-state index in [1.165, 1.54) is 11.8 Å². The van der Waals surface area contributed by atoms with E-state index in [0.717, 1.165) is 11.4 Å². The van der Waals surface area contributed by atoms with E-state index in [0.29, 0.717) is 27.4 Å². The van der Waals surface area contributed by atoms with Crippen LogP contribution in [0, 0.1) is 0 Å². The third-order valence-electron chi connectivity index (χ3n) is 3.75. The van der Waals surface area contributed by atoms with Crippen LogP contribution in [0.2, 0.25) is 10.0 Å². The lowest BCUT2D eigenvalue weighted by Gasteiger charge is -2.13. The first-order valence-electron chi connectivity index (χ1n) is 8.25. The Morgan fingerprint density at radius 3 is 2.48 bits per heavy atom. The van der Waals surface area contributed by atoms with Gasteiger partial charge in [0.1, 0.15) is 0 Å². The average molecular weight is 422 g/mol. The lowest BCUT2D eigenvalue weighted by Crippen LogP contribution is -2.23. The molecule has 0 saturated carbocycles. The largest absolute Gasteiger partial charge is 0.325 e. The highest BCUT2D eigenvalue weighted by atomic mass is 35.5. The van der Waals surface area contributed by atoms with Crippen LogP contribution in [0.3, 0.4) is 0 Å². The third kappa shape index (κ3) is 4.80. The van der Waals surface area contributed by atoms with Crippen LogP contribution in [0.15, 0.2) is 47.9 Å². The molecule has 0 fully saturated rings. The molecule has 0 aliphatic carbocycles. The molecule has 0 aliphatic rings. The SMILES string of the molecule is CCn1c(SC(C)C(=O)Nc2cc(Cl)cc(Cl)c2)nnc1-c1ccncc1. The molecule has 0 radical (unpaired) electrons. The molecule has 0 aliphatic heterocycles. The Labute approximate surface area is 171 Å².